The molecule has 0 saturated carbocycles. The minimum absolute atomic E-state index is 0. The highest BCUT2D eigenvalue weighted by Crippen LogP contribution is 2.26. The summed E-state index contributed by atoms with van der Waals surface area (Å²) in [5, 5.41) is 6.62. The zero-order chi connectivity index (χ0) is 19.1. The summed E-state index contributed by atoms with van der Waals surface area (Å²) < 4.78 is 18.6. The first-order chi connectivity index (χ1) is 13.2. The van der Waals surface area contributed by atoms with Gasteiger partial charge in [-0.25, -0.2) is 4.39 Å². The maximum absolute atomic E-state index is 13.3. The van der Waals surface area contributed by atoms with Crippen LogP contribution in [-0.2, 0) is 6.54 Å². The normalized spacial score (nSPS) is 16.5. The van der Waals surface area contributed by atoms with Crippen LogP contribution in [-0.4, -0.2) is 39.8 Å². The van der Waals surface area contributed by atoms with Crippen LogP contribution in [0.15, 0.2) is 53.5 Å². The molecule has 5 nitrogen and oxygen atoms in total. The maximum Gasteiger partial charge on any atom is 0.191 e. The number of hydrogen-bond donors (Lipinski definition) is 2. The van der Waals surface area contributed by atoms with Gasteiger partial charge in [-0.1, -0.05) is 18.2 Å². The standard InChI is InChI=1S/C21H27FN4O.HI/c1-23-21(24-13-16-5-3-6-18(22)11-16)25-14-17-9-10-26(15-17)19-7-4-8-20(12-19)27-2;/h3-8,11-12,17H,9-10,13-15H2,1-2H3,(H2,23,24,25);1H. The molecule has 1 atom stereocenters. The molecule has 7 heteroatoms. The lowest BCUT2D eigenvalue weighted by Crippen LogP contribution is -2.39. The Bertz CT molecular complexity index is 787. The largest absolute Gasteiger partial charge is 0.497 e. The quantitative estimate of drug-likeness (QED) is 0.363. The lowest BCUT2D eigenvalue weighted by atomic mass is 10.1. The summed E-state index contributed by atoms with van der Waals surface area (Å²) in [6.07, 6.45) is 1.13. The number of nitrogens with zero attached hydrogens (tertiary/aromatic N) is 2. The Hall–Kier alpha value is -2.03. The smallest absolute Gasteiger partial charge is 0.191 e. The predicted molar refractivity (Wildman–Crippen MR) is 123 cm³/mol. The Labute approximate surface area is 183 Å². The van der Waals surface area contributed by atoms with Gasteiger partial charge >= 0.3 is 0 Å². The van der Waals surface area contributed by atoms with Crippen LogP contribution in [0.1, 0.15) is 12.0 Å². The number of hydrogen-bond acceptors (Lipinski definition) is 3. The fourth-order valence-electron chi connectivity index (χ4n) is 3.34. The number of nitrogens with one attached hydrogen (secondary N) is 2. The topological polar surface area (TPSA) is 48.9 Å². The molecule has 0 spiro atoms. The van der Waals surface area contributed by atoms with Crippen LogP contribution in [0, 0.1) is 11.7 Å². The fraction of sp³-hybridized carbons (Fsp3) is 0.381. The predicted octanol–water partition coefficient (Wildman–Crippen LogP) is 3.64. The van der Waals surface area contributed by atoms with Gasteiger partial charge < -0.3 is 20.3 Å². The molecule has 2 aromatic carbocycles. The van der Waals surface area contributed by atoms with E-state index in [2.05, 4.69) is 32.7 Å². The number of benzene rings is 2. The van der Waals surface area contributed by atoms with Gasteiger partial charge in [-0.15, -0.1) is 24.0 Å². The van der Waals surface area contributed by atoms with Crippen molar-refractivity contribution in [2.45, 2.75) is 13.0 Å². The fourth-order valence-corrected chi connectivity index (χ4v) is 3.34. The van der Waals surface area contributed by atoms with Crippen molar-refractivity contribution in [1.82, 2.24) is 10.6 Å². The van der Waals surface area contributed by atoms with E-state index in [1.54, 1.807) is 20.2 Å². The highest BCUT2D eigenvalue weighted by molar-refractivity contribution is 14.0. The summed E-state index contributed by atoms with van der Waals surface area (Å²) >= 11 is 0. The number of methoxy groups -OCH3 is 1. The molecule has 1 aliphatic heterocycles. The van der Waals surface area contributed by atoms with Gasteiger partial charge in [-0.3, -0.25) is 4.99 Å². The zero-order valence-electron chi connectivity index (χ0n) is 16.3. The first-order valence-corrected chi connectivity index (χ1v) is 9.26. The van der Waals surface area contributed by atoms with Gasteiger partial charge in [0.05, 0.1) is 7.11 Å². The average molecular weight is 498 g/mol. The van der Waals surface area contributed by atoms with Crippen molar-refractivity contribution in [1.29, 1.82) is 0 Å². The second-order valence-electron chi connectivity index (χ2n) is 6.74. The van der Waals surface area contributed by atoms with Gasteiger partial charge in [0.1, 0.15) is 11.6 Å². The molecule has 0 radical (unpaired) electrons. The van der Waals surface area contributed by atoms with Crippen molar-refractivity contribution < 1.29 is 9.13 Å². The minimum atomic E-state index is -0.221. The SMILES string of the molecule is CN=C(NCc1cccc(F)c1)NCC1CCN(c2cccc(OC)c2)C1.I. The Balaban J connectivity index is 0.00000280. The van der Waals surface area contributed by atoms with Crippen molar-refractivity contribution in [2.24, 2.45) is 10.9 Å². The van der Waals surface area contributed by atoms with E-state index in [9.17, 15) is 4.39 Å². The first kappa shape index (κ1) is 22.3. The van der Waals surface area contributed by atoms with Gasteiger partial charge in [0.15, 0.2) is 5.96 Å². The van der Waals surface area contributed by atoms with E-state index in [4.69, 9.17) is 4.74 Å². The monoisotopic (exact) mass is 498 g/mol. The van der Waals surface area contributed by atoms with Crippen molar-refractivity contribution >= 4 is 35.6 Å². The minimum Gasteiger partial charge on any atom is -0.497 e. The molecule has 1 heterocycles. The number of anilines is 1. The molecule has 152 valence electrons. The Morgan fingerprint density at radius 3 is 2.79 bits per heavy atom. The summed E-state index contributed by atoms with van der Waals surface area (Å²) in [6, 6.07) is 14.8. The van der Waals surface area contributed by atoms with Crippen LogP contribution in [0.2, 0.25) is 0 Å². The van der Waals surface area contributed by atoms with Gasteiger partial charge in [-0.05, 0) is 42.2 Å². The third kappa shape index (κ3) is 6.25. The summed E-state index contributed by atoms with van der Waals surface area (Å²) in [6.45, 7) is 3.43. The molecule has 2 aromatic rings. The highest BCUT2D eigenvalue weighted by atomic mass is 127. The van der Waals surface area contributed by atoms with Crippen molar-refractivity contribution in [3.63, 3.8) is 0 Å². The molecule has 0 aromatic heterocycles. The lowest BCUT2D eigenvalue weighted by molar-refractivity contribution is 0.415. The third-order valence-corrected chi connectivity index (χ3v) is 4.84. The number of ether oxygens (including phenoxy) is 1. The van der Waals surface area contributed by atoms with Crippen molar-refractivity contribution in [3.05, 3.63) is 59.9 Å². The van der Waals surface area contributed by atoms with E-state index >= 15 is 0 Å². The van der Waals surface area contributed by atoms with Gasteiger partial charge in [0.2, 0.25) is 0 Å². The van der Waals surface area contributed by atoms with Gasteiger partial charge in [0, 0.05) is 45.0 Å². The van der Waals surface area contributed by atoms with Crippen LogP contribution < -0.4 is 20.3 Å². The molecule has 28 heavy (non-hydrogen) atoms. The number of halogens is 2. The highest BCUT2D eigenvalue weighted by Gasteiger charge is 2.23. The number of aliphatic imine (C=N–C) groups is 1. The van der Waals surface area contributed by atoms with E-state index in [1.807, 2.05) is 18.2 Å². The summed E-state index contributed by atoms with van der Waals surface area (Å²) in [4.78, 5) is 6.64. The molecule has 1 aliphatic rings. The van der Waals surface area contributed by atoms with E-state index in [0.717, 1.165) is 43.3 Å². The average Bonchev–Trinajstić information content (AvgIpc) is 3.17. The molecule has 0 aliphatic carbocycles. The van der Waals surface area contributed by atoms with Crippen LogP contribution in [0.5, 0.6) is 5.75 Å². The Morgan fingerprint density at radius 1 is 1.21 bits per heavy atom. The number of guanidine groups is 1. The second-order valence-corrected chi connectivity index (χ2v) is 6.74. The van der Waals surface area contributed by atoms with E-state index < -0.39 is 0 Å². The maximum atomic E-state index is 13.3. The zero-order valence-corrected chi connectivity index (χ0v) is 18.7. The molecule has 0 amide bonds. The third-order valence-electron chi connectivity index (χ3n) is 4.84. The van der Waals surface area contributed by atoms with Crippen molar-refractivity contribution in [3.8, 4) is 5.75 Å². The first-order valence-electron chi connectivity index (χ1n) is 9.26. The van der Waals surface area contributed by atoms with Gasteiger partial charge in [-0.2, -0.15) is 0 Å². The van der Waals surface area contributed by atoms with Gasteiger partial charge in [0.25, 0.3) is 0 Å². The van der Waals surface area contributed by atoms with Crippen molar-refractivity contribution in [2.75, 3.05) is 38.7 Å². The number of rotatable bonds is 6. The summed E-state index contributed by atoms with van der Waals surface area (Å²) in [5.41, 5.74) is 2.09. The molecule has 1 saturated heterocycles. The lowest BCUT2D eigenvalue weighted by Gasteiger charge is -2.20. The van der Waals surface area contributed by atoms with E-state index in [1.165, 1.54) is 17.8 Å². The Kier molecular flexibility index (Phi) is 8.82. The van der Waals surface area contributed by atoms with Crippen LogP contribution >= 0.6 is 24.0 Å². The molecular formula is C21H28FIN4O. The molecule has 3 rings (SSSR count). The Morgan fingerprint density at radius 2 is 2.04 bits per heavy atom. The van der Waals surface area contributed by atoms with Crippen LogP contribution in [0.25, 0.3) is 0 Å². The summed E-state index contributed by atoms with van der Waals surface area (Å²) in [7, 11) is 3.44. The van der Waals surface area contributed by atoms with E-state index in [0.29, 0.717) is 12.5 Å². The molecule has 0 bridgehead atoms. The molecule has 2 N–H and O–H groups in total. The molecular weight excluding hydrogens is 470 g/mol. The van der Waals surface area contributed by atoms with E-state index in [-0.39, 0.29) is 29.8 Å². The molecule has 1 fully saturated rings. The van der Waals surface area contributed by atoms with Crippen LogP contribution in [0.4, 0.5) is 10.1 Å². The summed E-state index contributed by atoms with van der Waals surface area (Å²) in [5.74, 6) is 1.94. The second kappa shape index (κ2) is 11.1. The van der Waals surface area contributed by atoms with Crippen LogP contribution in [0.3, 0.4) is 0 Å². The molecule has 1 unspecified atom stereocenters.